The third-order valence-corrected chi connectivity index (χ3v) is 2.70. The van der Waals surface area contributed by atoms with Gasteiger partial charge >= 0.3 is 6.18 Å². The van der Waals surface area contributed by atoms with Gasteiger partial charge in [-0.15, -0.1) is 5.10 Å². The summed E-state index contributed by atoms with van der Waals surface area (Å²) in [7, 11) is 0. The molecule has 0 aliphatic carbocycles. The molecule has 1 rings (SSSR count). The normalized spacial score (nSPS) is 11.9. The number of carbonyl (C=O) groups is 1. The number of aromatic nitrogens is 3. The van der Waals surface area contributed by atoms with E-state index in [0.717, 1.165) is 4.90 Å². The monoisotopic (exact) mass is 279 g/mol. The van der Waals surface area contributed by atoms with Gasteiger partial charge in [-0.05, 0) is 12.8 Å². The van der Waals surface area contributed by atoms with Crippen LogP contribution < -0.4 is 5.73 Å². The maximum Gasteiger partial charge on any atom is 0.406 e. The molecule has 0 atom stereocenters. The maximum atomic E-state index is 12.6. The summed E-state index contributed by atoms with van der Waals surface area (Å²) >= 11 is 0. The van der Waals surface area contributed by atoms with E-state index in [1.54, 1.807) is 13.8 Å². The summed E-state index contributed by atoms with van der Waals surface area (Å²) < 4.78 is 37.7. The molecule has 9 heteroatoms. The number of halogens is 3. The van der Waals surface area contributed by atoms with Crippen LogP contribution in [-0.4, -0.2) is 44.8 Å². The number of rotatable bonds is 5. The third-order valence-electron chi connectivity index (χ3n) is 2.70. The first-order chi connectivity index (χ1) is 8.78. The highest BCUT2D eigenvalue weighted by atomic mass is 19.4. The van der Waals surface area contributed by atoms with Gasteiger partial charge in [0.05, 0.1) is 0 Å². The van der Waals surface area contributed by atoms with Crippen molar-refractivity contribution in [3.05, 3.63) is 5.82 Å². The van der Waals surface area contributed by atoms with Crippen molar-refractivity contribution in [2.24, 2.45) is 0 Å². The van der Waals surface area contributed by atoms with Gasteiger partial charge in [0.1, 0.15) is 6.54 Å². The minimum absolute atomic E-state index is 0.181. The van der Waals surface area contributed by atoms with E-state index >= 15 is 0 Å². The van der Waals surface area contributed by atoms with Gasteiger partial charge in [0.15, 0.2) is 0 Å². The predicted molar refractivity (Wildman–Crippen MR) is 62.3 cm³/mol. The van der Waals surface area contributed by atoms with Gasteiger partial charge in [0.25, 0.3) is 5.91 Å². The number of H-pyrrole nitrogens is 1. The number of hydrogen-bond donors (Lipinski definition) is 2. The average Bonchev–Trinajstić information content (AvgIpc) is 2.73. The average molecular weight is 279 g/mol. The fourth-order valence-electron chi connectivity index (χ4n) is 1.80. The van der Waals surface area contributed by atoms with E-state index < -0.39 is 24.7 Å². The van der Waals surface area contributed by atoms with Crippen molar-refractivity contribution in [1.82, 2.24) is 20.1 Å². The summed E-state index contributed by atoms with van der Waals surface area (Å²) in [6.45, 7) is 2.12. The van der Waals surface area contributed by atoms with Gasteiger partial charge in [-0.3, -0.25) is 9.89 Å². The number of hydrogen-bond acceptors (Lipinski definition) is 4. The predicted octanol–water partition coefficient (Wildman–Crippen LogP) is 1.58. The van der Waals surface area contributed by atoms with Gasteiger partial charge in [-0.2, -0.15) is 18.2 Å². The Morgan fingerprint density at radius 1 is 1.42 bits per heavy atom. The third kappa shape index (κ3) is 4.11. The smallest absolute Gasteiger partial charge is 0.366 e. The van der Waals surface area contributed by atoms with Crippen LogP contribution in [0.25, 0.3) is 0 Å². The molecule has 0 radical (unpaired) electrons. The molecule has 0 aromatic carbocycles. The number of amides is 1. The van der Waals surface area contributed by atoms with Crippen molar-refractivity contribution in [2.75, 3.05) is 12.3 Å². The first kappa shape index (κ1) is 15.3. The number of alkyl halides is 3. The number of nitrogens with one attached hydrogen (secondary N) is 1. The van der Waals surface area contributed by atoms with Crippen molar-refractivity contribution < 1.29 is 18.0 Å². The molecule has 0 aliphatic heterocycles. The molecule has 0 fully saturated rings. The van der Waals surface area contributed by atoms with Crippen LogP contribution in [0.2, 0.25) is 0 Å². The molecule has 108 valence electrons. The number of nitrogens with two attached hydrogens (primary N) is 1. The first-order valence-corrected chi connectivity index (χ1v) is 5.84. The minimum Gasteiger partial charge on any atom is -0.366 e. The van der Waals surface area contributed by atoms with Crippen LogP contribution in [-0.2, 0) is 0 Å². The zero-order valence-electron chi connectivity index (χ0n) is 10.7. The topological polar surface area (TPSA) is 87.9 Å². The number of nitrogens with zero attached hydrogens (tertiary/aromatic N) is 3. The fourth-order valence-corrected chi connectivity index (χ4v) is 1.80. The maximum absolute atomic E-state index is 12.6. The number of carbonyl (C=O) groups excluding carboxylic acids is 1. The minimum atomic E-state index is -4.47. The first-order valence-electron chi connectivity index (χ1n) is 5.84. The Kier molecular flexibility index (Phi) is 4.73. The van der Waals surface area contributed by atoms with Crippen molar-refractivity contribution in [2.45, 2.75) is 38.9 Å². The lowest BCUT2D eigenvalue weighted by atomic mass is 10.1. The van der Waals surface area contributed by atoms with Crippen LogP contribution in [0.1, 0.15) is 37.3 Å². The Morgan fingerprint density at radius 3 is 2.37 bits per heavy atom. The van der Waals surface area contributed by atoms with E-state index in [-0.39, 0.29) is 11.8 Å². The Hall–Kier alpha value is -1.80. The quantitative estimate of drug-likeness (QED) is 0.856. The molecule has 0 saturated carbocycles. The molecule has 0 unspecified atom stereocenters. The van der Waals surface area contributed by atoms with Crippen LogP contribution >= 0.6 is 0 Å². The molecule has 0 saturated heterocycles. The summed E-state index contributed by atoms with van der Waals surface area (Å²) in [5.74, 6) is -1.32. The van der Waals surface area contributed by atoms with Crippen molar-refractivity contribution >= 4 is 11.9 Å². The highest BCUT2D eigenvalue weighted by Crippen LogP contribution is 2.21. The molecule has 0 bridgehead atoms. The van der Waals surface area contributed by atoms with Crippen LogP contribution in [0.4, 0.5) is 19.1 Å². The molecule has 0 aliphatic rings. The highest BCUT2D eigenvalue weighted by Gasteiger charge is 2.36. The van der Waals surface area contributed by atoms with E-state index in [1.165, 1.54) is 0 Å². The Balaban J connectivity index is 2.98. The molecule has 1 amide bonds. The van der Waals surface area contributed by atoms with Crippen molar-refractivity contribution in [3.8, 4) is 0 Å². The zero-order valence-corrected chi connectivity index (χ0v) is 10.7. The summed E-state index contributed by atoms with van der Waals surface area (Å²) in [5.41, 5.74) is 5.24. The van der Waals surface area contributed by atoms with Crippen LogP contribution in [0.15, 0.2) is 0 Å². The van der Waals surface area contributed by atoms with Crippen molar-refractivity contribution in [1.29, 1.82) is 0 Å². The molecule has 1 heterocycles. The van der Waals surface area contributed by atoms with Gasteiger partial charge in [-0.1, -0.05) is 13.8 Å². The van der Waals surface area contributed by atoms with E-state index in [0.29, 0.717) is 12.8 Å². The lowest BCUT2D eigenvalue weighted by molar-refractivity contribution is -0.145. The van der Waals surface area contributed by atoms with Gasteiger partial charge in [0, 0.05) is 6.04 Å². The number of aromatic amines is 1. The van der Waals surface area contributed by atoms with Crippen molar-refractivity contribution in [3.63, 3.8) is 0 Å². The molecule has 19 heavy (non-hydrogen) atoms. The second-order valence-corrected chi connectivity index (χ2v) is 4.06. The van der Waals surface area contributed by atoms with Gasteiger partial charge in [0.2, 0.25) is 11.8 Å². The second kappa shape index (κ2) is 5.89. The summed E-state index contributed by atoms with van der Waals surface area (Å²) in [6.07, 6.45) is -3.63. The van der Waals surface area contributed by atoms with Gasteiger partial charge in [-0.25, -0.2) is 0 Å². The number of anilines is 1. The summed E-state index contributed by atoms with van der Waals surface area (Å²) in [4.78, 5) is 16.3. The SMILES string of the molecule is CCC(CC)N(CC(F)(F)F)C(=O)c1nc(N)n[nH]1. The largest absolute Gasteiger partial charge is 0.406 e. The summed E-state index contributed by atoms with van der Waals surface area (Å²) in [6, 6.07) is -0.513. The van der Waals surface area contributed by atoms with E-state index in [2.05, 4.69) is 15.2 Å². The standard InChI is InChI=1S/C10H16F3N5O/c1-3-6(4-2)18(5-10(11,12)13)8(19)7-15-9(14)17-16-7/h6H,3-5H2,1-2H3,(H3,14,15,16,17). The van der Waals surface area contributed by atoms with E-state index in [4.69, 9.17) is 5.73 Å². The second-order valence-electron chi connectivity index (χ2n) is 4.06. The Morgan fingerprint density at radius 2 is 2.00 bits per heavy atom. The fraction of sp³-hybridized carbons (Fsp3) is 0.700. The molecule has 1 aromatic rings. The molecule has 1 aromatic heterocycles. The van der Waals surface area contributed by atoms with E-state index in [9.17, 15) is 18.0 Å². The molecule has 3 N–H and O–H groups in total. The molecular weight excluding hydrogens is 263 g/mol. The highest BCUT2D eigenvalue weighted by molar-refractivity contribution is 5.91. The lowest BCUT2D eigenvalue weighted by Gasteiger charge is -2.30. The van der Waals surface area contributed by atoms with Gasteiger partial charge < -0.3 is 10.6 Å². The number of nitrogen functional groups attached to an aromatic ring is 1. The Bertz CT molecular complexity index is 427. The lowest BCUT2D eigenvalue weighted by Crippen LogP contribution is -2.45. The van der Waals surface area contributed by atoms with E-state index in [1.807, 2.05) is 0 Å². The molecular formula is C10H16F3N5O. The zero-order chi connectivity index (χ0) is 14.6. The molecule has 6 nitrogen and oxygen atoms in total. The Labute approximate surface area is 108 Å². The van der Waals surface area contributed by atoms with Crippen LogP contribution in [0.5, 0.6) is 0 Å². The van der Waals surface area contributed by atoms with Crippen LogP contribution in [0.3, 0.4) is 0 Å². The molecule has 0 spiro atoms. The summed E-state index contributed by atoms with van der Waals surface area (Å²) in [5, 5.41) is 5.67. The van der Waals surface area contributed by atoms with Crippen LogP contribution in [0, 0.1) is 0 Å².